The van der Waals surface area contributed by atoms with Crippen LogP contribution in [0.1, 0.15) is 41.2 Å². The number of nitrogens with zero attached hydrogens (tertiary/aromatic N) is 1. The quantitative estimate of drug-likeness (QED) is 0.167. The fraction of sp³-hybridized carbons (Fsp3) is 0.0909. The fourth-order valence-corrected chi connectivity index (χ4v) is 4.63. The Kier molecular flexibility index (Phi) is 7.18. The summed E-state index contributed by atoms with van der Waals surface area (Å²) in [5, 5.41) is 17.2. The van der Waals surface area contributed by atoms with E-state index in [0.717, 1.165) is 68.3 Å². The number of aromatic amines is 1. The number of hydrogen-bond donors (Lipinski definition) is 2. The molecular weight excluding hydrogens is 472 g/mol. The molecule has 1 aromatic heterocycles. The maximum Gasteiger partial charge on any atom is 0.328 e. The van der Waals surface area contributed by atoms with Crippen molar-refractivity contribution in [2.24, 2.45) is 0 Å². The number of nitrogens with one attached hydrogen (secondary N) is 1. The molecule has 0 atom stereocenters. The number of aryl methyl sites for hydroxylation is 1. The molecule has 2 N–H and O–H groups in total. The van der Waals surface area contributed by atoms with E-state index in [1.807, 2.05) is 66.9 Å². The van der Waals surface area contributed by atoms with E-state index in [-0.39, 0.29) is 0 Å². The molecule has 0 bridgehead atoms. The Morgan fingerprint density at radius 1 is 0.921 bits per heavy atom. The molecule has 0 saturated carbocycles. The Balaban J connectivity index is 1.62. The molecule has 188 valence electrons. The van der Waals surface area contributed by atoms with E-state index in [0.29, 0.717) is 0 Å². The van der Waals surface area contributed by atoms with Gasteiger partial charge in [-0.1, -0.05) is 61.5 Å². The van der Waals surface area contributed by atoms with Crippen molar-refractivity contribution >= 4 is 34.1 Å². The monoisotopic (exact) mass is 500 g/mol. The summed E-state index contributed by atoms with van der Waals surface area (Å²) in [7, 11) is 0. The highest BCUT2D eigenvalue weighted by atomic mass is 16.5. The zero-order valence-electron chi connectivity index (χ0n) is 21.3. The molecular formula is C33H28N2O3. The van der Waals surface area contributed by atoms with E-state index < -0.39 is 5.97 Å². The van der Waals surface area contributed by atoms with Crippen LogP contribution in [-0.4, -0.2) is 21.3 Å². The van der Waals surface area contributed by atoms with E-state index in [2.05, 4.69) is 54.4 Å². The highest BCUT2D eigenvalue weighted by molar-refractivity contribution is 6.00. The van der Waals surface area contributed by atoms with Gasteiger partial charge in [0.05, 0.1) is 11.7 Å². The molecule has 5 nitrogen and oxygen atoms in total. The van der Waals surface area contributed by atoms with Crippen molar-refractivity contribution in [1.82, 2.24) is 10.2 Å². The number of hydrogen-bond acceptors (Lipinski definition) is 3. The SMILES string of the molecule is CC/C(=C(/c1ccc(/C=C/C(=O)O)cc1)c1ccc2[nH]ncc2c1)c1ccc(Oc2ccccc2)c(C)c1. The molecule has 0 aliphatic carbocycles. The average molecular weight is 501 g/mol. The minimum absolute atomic E-state index is 0.806. The van der Waals surface area contributed by atoms with E-state index >= 15 is 0 Å². The minimum Gasteiger partial charge on any atom is -0.478 e. The van der Waals surface area contributed by atoms with Gasteiger partial charge in [-0.2, -0.15) is 5.10 Å². The maximum absolute atomic E-state index is 10.9. The van der Waals surface area contributed by atoms with Gasteiger partial charge in [-0.25, -0.2) is 4.79 Å². The Bertz CT molecular complexity index is 1650. The summed E-state index contributed by atoms with van der Waals surface area (Å²) in [6.45, 7) is 4.23. The smallest absolute Gasteiger partial charge is 0.328 e. The predicted octanol–water partition coefficient (Wildman–Crippen LogP) is 8.13. The number of carboxylic acid groups (broad SMARTS) is 1. The minimum atomic E-state index is -0.966. The zero-order chi connectivity index (χ0) is 26.5. The Labute approximate surface area is 221 Å². The van der Waals surface area contributed by atoms with Crippen LogP contribution in [0.25, 0.3) is 28.1 Å². The number of aromatic nitrogens is 2. The van der Waals surface area contributed by atoms with Crippen molar-refractivity contribution < 1.29 is 14.6 Å². The number of carbonyl (C=O) groups is 1. The third kappa shape index (κ3) is 5.42. The van der Waals surface area contributed by atoms with Gasteiger partial charge >= 0.3 is 5.97 Å². The lowest BCUT2D eigenvalue weighted by Gasteiger charge is -2.18. The molecule has 0 amide bonds. The second kappa shape index (κ2) is 11.0. The summed E-state index contributed by atoms with van der Waals surface area (Å²) >= 11 is 0. The first-order chi connectivity index (χ1) is 18.5. The highest BCUT2D eigenvalue weighted by Crippen LogP contribution is 2.37. The summed E-state index contributed by atoms with van der Waals surface area (Å²) in [5.74, 6) is 0.665. The molecule has 38 heavy (non-hydrogen) atoms. The number of aliphatic carboxylic acids is 1. The van der Waals surface area contributed by atoms with Crippen molar-refractivity contribution in [3.8, 4) is 11.5 Å². The molecule has 0 spiro atoms. The number of allylic oxidation sites excluding steroid dienone is 1. The van der Waals surface area contributed by atoms with E-state index in [1.165, 1.54) is 5.57 Å². The van der Waals surface area contributed by atoms with Crippen LogP contribution in [0.2, 0.25) is 0 Å². The summed E-state index contributed by atoms with van der Waals surface area (Å²) in [6, 6.07) is 30.4. The van der Waals surface area contributed by atoms with Crippen molar-refractivity contribution in [2.45, 2.75) is 20.3 Å². The van der Waals surface area contributed by atoms with Crippen LogP contribution in [0.5, 0.6) is 11.5 Å². The van der Waals surface area contributed by atoms with E-state index in [9.17, 15) is 4.79 Å². The highest BCUT2D eigenvalue weighted by Gasteiger charge is 2.15. The van der Waals surface area contributed by atoms with Gasteiger partial charge in [-0.05, 0) is 94.8 Å². The van der Waals surface area contributed by atoms with Crippen LogP contribution in [0, 0.1) is 6.92 Å². The first-order valence-electron chi connectivity index (χ1n) is 12.5. The van der Waals surface area contributed by atoms with E-state index in [4.69, 9.17) is 9.84 Å². The average Bonchev–Trinajstić information content (AvgIpc) is 3.41. The lowest BCUT2D eigenvalue weighted by molar-refractivity contribution is -0.131. The van der Waals surface area contributed by atoms with Crippen LogP contribution in [0.4, 0.5) is 0 Å². The van der Waals surface area contributed by atoms with Crippen LogP contribution < -0.4 is 4.74 Å². The van der Waals surface area contributed by atoms with Crippen LogP contribution in [0.3, 0.4) is 0 Å². The fourth-order valence-electron chi connectivity index (χ4n) is 4.63. The molecule has 5 heteroatoms. The molecule has 5 rings (SSSR count). The number of carboxylic acids is 1. The van der Waals surface area contributed by atoms with Gasteiger partial charge in [0.15, 0.2) is 0 Å². The molecule has 0 unspecified atom stereocenters. The molecule has 5 aromatic rings. The van der Waals surface area contributed by atoms with E-state index in [1.54, 1.807) is 6.08 Å². The lowest BCUT2D eigenvalue weighted by Crippen LogP contribution is -1.97. The Morgan fingerprint density at radius 3 is 2.37 bits per heavy atom. The van der Waals surface area contributed by atoms with Gasteiger partial charge in [0.25, 0.3) is 0 Å². The van der Waals surface area contributed by atoms with Crippen molar-refractivity contribution in [3.05, 3.63) is 131 Å². The van der Waals surface area contributed by atoms with Crippen LogP contribution in [0.15, 0.2) is 103 Å². The Hall–Kier alpha value is -4.90. The summed E-state index contributed by atoms with van der Waals surface area (Å²) < 4.78 is 6.12. The van der Waals surface area contributed by atoms with Gasteiger partial charge < -0.3 is 9.84 Å². The van der Waals surface area contributed by atoms with Crippen LogP contribution >= 0.6 is 0 Å². The number of ether oxygens (including phenoxy) is 1. The van der Waals surface area contributed by atoms with Gasteiger partial charge in [0.2, 0.25) is 0 Å². The second-order valence-corrected chi connectivity index (χ2v) is 9.07. The molecule has 0 aliphatic rings. The predicted molar refractivity (Wildman–Crippen MR) is 153 cm³/mol. The standard InChI is InChI=1S/C33H28N2O3/c1-3-29(25-15-17-31(22(2)19-25)38-28-7-5-4-6-8-28)33(26-14-16-30-27(20-26)21-34-35-30)24-12-9-23(10-13-24)11-18-32(36)37/h4-21H,3H2,1-2H3,(H,34,35)(H,36,37)/b18-11+,33-29+. The molecule has 0 radical (unpaired) electrons. The first-order valence-corrected chi connectivity index (χ1v) is 12.5. The molecule has 1 heterocycles. The number of para-hydroxylation sites is 1. The maximum atomic E-state index is 10.9. The molecule has 0 aliphatic heterocycles. The number of benzene rings is 4. The van der Waals surface area contributed by atoms with Crippen molar-refractivity contribution in [1.29, 1.82) is 0 Å². The molecule has 4 aromatic carbocycles. The van der Waals surface area contributed by atoms with Gasteiger partial charge in [0.1, 0.15) is 11.5 Å². The largest absolute Gasteiger partial charge is 0.478 e. The zero-order valence-corrected chi connectivity index (χ0v) is 21.3. The molecule has 0 fully saturated rings. The lowest BCUT2D eigenvalue weighted by atomic mass is 9.87. The number of rotatable bonds is 8. The third-order valence-electron chi connectivity index (χ3n) is 6.50. The third-order valence-corrected chi connectivity index (χ3v) is 6.50. The Morgan fingerprint density at radius 2 is 1.66 bits per heavy atom. The normalized spacial score (nSPS) is 12.1. The first kappa shape index (κ1) is 24.8. The summed E-state index contributed by atoms with van der Waals surface area (Å²) in [5.41, 5.74) is 8.47. The summed E-state index contributed by atoms with van der Waals surface area (Å²) in [4.78, 5) is 10.9. The molecule has 0 saturated heterocycles. The van der Waals surface area contributed by atoms with Gasteiger partial charge in [-0.15, -0.1) is 0 Å². The van der Waals surface area contributed by atoms with Gasteiger partial charge in [-0.3, -0.25) is 5.10 Å². The number of H-pyrrole nitrogens is 1. The topological polar surface area (TPSA) is 75.2 Å². The summed E-state index contributed by atoms with van der Waals surface area (Å²) in [6.07, 6.45) is 5.40. The van der Waals surface area contributed by atoms with Gasteiger partial charge in [0, 0.05) is 11.5 Å². The van der Waals surface area contributed by atoms with Crippen LogP contribution in [-0.2, 0) is 4.79 Å². The second-order valence-electron chi connectivity index (χ2n) is 9.07. The number of fused-ring (bicyclic) bond motifs is 1. The van der Waals surface area contributed by atoms with Crippen molar-refractivity contribution in [3.63, 3.8) is 0 Å². The van der Waals surface area contributed by atoms with Crippen molar-refractivity contribution in [2.75, 3.05) is 0 Å².